The molecule has 5 aromatic rings. The van der Waals surface area contributed by atoms with Gasteiger partial charge in [0, 0.05) is 35.5 Å². The van der Waals surface area contributed by atoms with Gasteiger partial charge in [-0.1, -0.05) is 36.4 Å². The van der Waals surface area contributed by atoms with Crippen molar-refractivity contribution in [1.82, 2.24) is 24.5 Å². The molecule has 1 amide bonds. The number of nitrogens with zero attached hydrogens (tertiary/aromatic N) is 5. The molecule has 34 heavy (non-hydrogen) atoms. The SMILES string of the molecule is CCn1cc(-c2cc(C(=O)Nc3cnn(Cc4ccccc4F)c3)c3ccccc3n2)c(C)n1. The van der Waals surface area contributed by atoms with Crippen molar-refractivity contribution >= 4 is 22.5 Å². The summed E-state index contributed by atoms with van der Waals surface area (Å²) in [5, 5.41) is 12.4. The maximum Gasteiger partial charge on any atom is 0.256 e. The van der Waals surface area contributed by atoms with Crippen molar-refractivity contribution < 1.29 is 9.18 Å². The number of para-hydroxylation sites is 1. The van der Waals surface area contributed by atoms with Gasteiger partial charge in [-0.15, -0.1) is 0 Å². The Morgan fingerprint density at radius 2 is 1.85 bits per heavy atom. The standard InChI is InChI=1S/C26H23FN6O/c1-3-32-16-22(17(2)31-32)25-12-21(20-9-5-7-11-24(20)30-25)26(34)29-19-13-28-33(15-19)14-18-8-4-6-10-23(18)27/h4-13,15-16H,3,14H2,1-2H3,(H,29,34). The molecule has 0 radical (unpaired) electrons. The van der Waals surface area contributed by atoms with Crippen LogP contribution in [0.1, 0.15) is 28.5 Å². The van der Waals surface area contributed by atoms with E-state index in [9.17, 15) is 9.18 Å². The maximum atomic E-state index is 14.0. The van der Waals surface area contributed by atoms with Crippen LogP contribution in [0.5, 0.6) is 0 Å². The third kappa shape index (κ3) is 4.17. The highest BCUT2D eigenvalue weighted by Gasteiger charge is 2.17. The lowest BCUT2D eigenvalue weighted by Gasteiger charge is -2.09. The van der Waals surface area contributed by atoms with E-state index in [1.54, 1.807) is 41.3 Å². The molecule has 0 fully saturated rings. The van der Waals surface area contributed by atoms with Gasteiger partial charge in [-0.05, 0) is 32.0 Å². The number of carbonyl (C=O) groups is 1. The minimum Gasteiger partial charge on any atom is -0.319 e. The zero-order chi connectivity index (χ0) is 23.7. The van der Waals surface area contributed by atoms with Gasteiger partial charge >= 0.3 is 0 Å². The van der Waals surface area contributed by atoms with Crippen LogP contribution in [0.25, 0.3) is 22.2 Å². The molecule has 3 aromatic heterocycles. The van der Waals surface area contributed by atoms with Gasteiger partial charge in [0.15, 0.2) is 0 Å². The molecule has 0 bridgehead atoms. The number of rotatable bonds is 6. The van der Waals surface area contributed by atoms with Crippen molar-refractivity contribution in [2.75, 3.05) is 5.32 Å². The third-order valence-electron chi connectivity index (χ3n) is 5.69. The normalized spacial score (nSPS) is 11.1. The number of nitrogens with one attached hydrogen (secondary N) is 1. The Balaban J connectivity index is 1.46. The van der Waals surface area contributed by atoms with Crippen LogP contribution in [0, 0.1) is 12.7 Å². The van der Waals surface area contributed by atoms with Gasteiger partial charge in [-0.25, -0.2) is 9.37 Å². The Bertz CT molecular complexity index is 1500. The summed E-state index contributed by atoms with van der Waals surface area (Å²) < 4.78 is 17.4. The molecule has 0 aliphatic rings. The second-order valence-corrected chi connectivity index (χ2v) is 8.03. The average molecular weight is 455 g/mol. The highest BCUT2D eigenvalue weighted by molar-refractivity contribution is 6.13. The topological polar surface area (TPSA) is 77.6 Å². The van der Waals surface area contributed by atoms with E-state index in [4.69, 9.17) is 4.98 Å². The molecule has 5 rings (SSSR count). The van der Waals surface area contributed by atoms with E-state index < -0.39 is 0 Å². The Kier molecular flexibility index (Phi) is 5.63. The number of hydrogen-bond acceptors (Lipinski definition) is 4. The van der Waals surface area contributed by atoms with Crippen LogP contribution in [0.3, 0.4) is 0 Å². The largest absolute Gasteiger partial charge is 0.319 e. The second-order valence-electron chi connectivity index (χ2n) is 8.03. The highest BCUT2D eigenvalue weighted by Crippen LogP contribution is 2.27. The molecule has 3 heterocycles. The van der Waals surface area contributed by atoms with E-state index in [1.807, 2.05) is 49.0 Å². The number of aryl methyl sites for hydroxylation is 2. The Morgan fingerprint density at radius 3 is 2.65 bits per heavy atom. The van der Waals surface area contributed by atoms with E-state index in [1.165, 1.54) is 6.07 Å². The van der Waals surface area contributed by atoms with E-state index >= 15 is 0 Å². The fourth-order valence-corrected chi connectivity index (χ4v) is 3.95. The first-order valence-electron chi connectivity index (χ1n) is 11.0. The van der Waals surface area contributed by atoms with Gasteiger partial charge in [-0.3, -0.25) is 14.2 Å². The average Bonchev–Trinajstić information content (AvgIpc) is 3.45. The van der Waals surface area contributed by atoms with Crippen molar-refractivity contribution in [1.29, 1.82) is 0 Å². The molecule has 1 N–H and O–H groups in total. The first-order chi connectivity index (χ1) is 16.5. The van der Waals surface area contributed by atoms with E-state index in [2.05, 4.69) is 15.5 Å². The first-order valence-corrected chi connectivity index (χ1v) is 11.0. The number of fused-ring (bicyclic) bond motifs is 1. The number of hydrogen-bond donors (Lipinski definition) is 1. The van der Waals surface area contributed by atoms with Crippen molar-refractivity contribution in [3.05, 3.63) is 95.8 Å². The van der Waals surface area contributed by atoms with Gasteiger partial charge in [0.05, 0.1) is 40.9 Å². The molecule has 0 saturated heterocycles. The number of amides is 1. The number of aromatic nitrogens is 5. The lowest BCUT2D eigenvalue weighted by molar-refractivity contribution is 0.102. The quantitative estimate of drug-likeness (QED) is 0.389. The Labute approximate surface area is 195 Å². The molecule has 170 valence electrons. The van der Waals surface area contributed by atoms with Crippen molar-refractivity contribution in [2.45, 2.75) is 26.9 Å². The maximum absolute atomic E-state index is 14.0. The summed E-state index contributed by atoms with van der Waals surface area (Å²) in [6.07, 6.45) is 5.18. The molecule has 0 unspecified atom stereocenters. The lowest BCUT2D eigenvalue weighted by atomic mass is 10.0. The van der Waals surface area contributed by atoms with Crippen LogP contribution >= 0.6 is 0 Å². The second kappa shape index (κ2) is 8.90. The Morgan fingerprint density at radius 1 is 1.06 bits per heavy atom. The number of carbonyl (C=O) groups excluding carboxylic acids is 1. The predicted molar refractivity (Wildman–Crippen MR) is 129 cm³/mol. The van der Waals surface area contributed by atoms with Crippen LogP contribution in [0.2, 0.25) is 0 Å². The molecule has 0 aliphatic carbocycles. The van der Waals surface area contributed by atoms with Crippen molar-refractivity contribution in [3.8, 4) is 11.3 Å². The summed E-state index contributed by atoms with van der Waals surface area (Å²) in [5.41, 5.74) is 4.71. The summed E-state index contributed by atoms with van der Waals surface area (Å²) in [4.78, 5) is 18.1. The van der Waals surface area contributed by atoms with Crippen LogP contribution in [-0.2, 0) is 13.1 Å². The first kappa shape index (κ1) is 21.5. The molecule has 0 saturated carbocycles. The number of anilines is 1. The van der Waals surface area contributed by atoms with Crippen molar-refractivity contribution in [2.24, 2.45) is 0 Å². The fourth-order valence-electron chi connectivity index (χ4n) is 3.95. The summed E-state index contributed by atoms with van der Waals surface area (Å²) in [5.74, 6) is -0.563. The summed E-state index contributed by atoms with van der Waals surface area (Å²) >= 11 is 0. The minimum atomic E-state index is -0.291. The monoisotopic (exact) mass is 454 g/mol. The van der Waals surface area contributed by atoms with Gasteiger partial charge < -0.3 is 5.32 Å². The van der Waals surface area contributed by atoms with E-state index in [-0.39, 0.29) is 18.3 Å². The molecule has 8 heteroatoms. The van der Waals surface area contributed by atoms with E-state index in [0.29, 0.717) is 22.5 Å². The van der Waals surface area contributed by atoms with Crippen LogP contribution < -0.4 is 5.32 Å². The molecule has 0 aliphatic heterocycles. The molecule has 7 nitrogen and oxygen atoms in total. The fraction of sp³-hybridized carbons (Fsp3) is 0.154. The van der Waals surface area contributed by atoms with Gasteiger partial charge in [0.1, 0.15) is 5.82 Å². The molecule has 0 atom stereocenters. The van der Waals surface area contributed by atoms with Crippen LogP contribution in [0.4, 0.5) is 10.1 Å². The minimum absolute atomic E-state index is 0.269. The van der Waals surface area contributed by atoms with Gasteiger partial charge in [0.25, 0.3) is 5.91 Å². The third-order valence-corrected chi connectivity index (χ3v) is 5.69. The number of benzene rings is 2. The summed E-state index contributed by atoms with van der Waals surface area (Å²) in [6.45, 7) is 4.97. The summed E-state index contributed by atoms with van der Waals surface area (Å²) in [6, 6.07) is 15.9. The number of halogens is 1. The number of pyridine rings is 1. The van der Waals surface area contributed by atoms with Crippen molar-refractivity contribution in [3.63, 3.8) is 0 Å². The van der Waals surface area contributed by atoms with Gasteiger partial charge in [0.2, 0.25) is 0 Å². The van der Waals surface area contributed by atoms with Crippen LogP contribution in [0.15, 0.2) is 73.2 Å². The summed E-state index contributed by atoms with van der Waals surface area (Å²) in [7, 11) is 0. The van der Waals surface area contributed by atoms with E-state index in [0.717, 1.165) is 28.7 Å². The highest BCUT2D eigenvalue weighted by atomic mass is 19.1. The molecule has 2 aromatic carbocycles. The predicted octanol–water partition coefficient (Wildman–Crippen LogP) is 5.06. The smallest absolute Gasteiger partial charge is 0.256 e. The van der Waals surface area contributed by atoms with Gasteiger partial charge in [-0.2, -0.15) is 10.2 Å². The lowest BCUT2D eigenvalue weighted by Crippen LogP contribution is -2.13. The molecular formula is C26H23FN6O. The zero-order valence-electron chi connectivity index (χ0n) is 18.9. The van der Waals surface area contributed by atoms with Crippen LogP contribution in [-0.4, -0.2) is 30.5 Å². The molecular weight excluding hydrogens is 431 g/mol. The Hall–Kier alpha value is -4.33. The zero-order valence-corrected chi connectivity index (χ0v) is 18.9. The molecule has 0 spiro atoms.